The van der Waals surface area contributed by atoms with E-state index in [1.54, 1.807) is 22.8 Å². The van der Waals surface area contributed by atoms with Gasteiger partial charge in [0.05, 0.1) is 23.5 Å². The van der Waals surface area contributed by atoms with Crippen LogP contribution in [0.15, 0.2) is 60.8 Å². The van der Waals surface area contributed by atoms with Gasteiger partial charge in [0.15, 0.2) is 0 Å². The van der Waals surface area contributed by atoms with Crippen molar-refractivity contribution in [2.75, 3.05) is 7.05 Å². The number of benzene rings is 2. The highest BCUT2D eigenvalue weighted by atomic mass is 35.5. The van der Waals surface area contributed by atoms with Crippen molar-refractivity contribution in [3.05, 3.63) is 77.1 Å². The lowest BCUT2D eigenvalue weighted by Crippen LogP contribution is -2.27. The van der Waals surface area contributed by atoms with Crippen LogP contribution in [0.2, 0.25) is 5.02 Å². The van der Waals surface area contributed by atoms with Crippen LogP contribution in [-0.4, -0.2) is 27.6 Å². The molecule has 0 saturated carbocycles. The third kappa shape index (κ3) is 3.34. The summed E-state index contributed by atoms with van der Waals surface area (Å²) in [4.78, 5) is 14.2. The molecule has 0 bridgehead atoms. The molecule has 0 radical (unpaired) electrons. The van der Waals surface area contributed by atoms with Crippen LogP contribution in [0.1, 0.15) is 16.1 Å². The summed E-state index contributed by atoms with van der Waals surface area (Å²) < 4.78 is 1.69. The maximum absolute atomic E-state index is 12.6. The highest BCUT2D eigenvalue weighted by Gasteiger charge is 2.15. The lowest BCUT2D eigenvalue weighted by molar-refractivity contribution is 0.0782. The highest BCUT2D eigenvalue weighted by molar-refractivity contribution is 6.31. The van der Waals surface area contributed by atoms with Crippen LogP contribution in [0.25, 0.3) is 11.1 Å². The van der Waals surface area contributed by atoms with Gasteiger partial charge in [0.2, 0.25) is 0 Å². The Kier molecular flexibility index (Phi) is 4.67. The molecule has 3 rings (SSSR count). The highest BCUT2D eigenvalue weighted by Crippen LogP contribution is 2.21. The number of carbonyl (C=O) groups excluding carboxylic acids is 1. The molecule has 2 aromatic carbocycles. The zero-order valence-corrected chi connectivity index (χ0v) is 14.4. The number of aromatic nitrogens is 2. The minimum atomic E-state index is -0.0492. The maximum Gasteiger partial charge on any atom is 0.253 e. The molecule has 0 aliphatic carbocycles. The van der Waals surface area contributed by atoms with Gasteiger partial charge < -0.3 is 4.90 Å². The fourth-order valence-electron chi connectivity index (χ4n) is 2.57. The van der Waals surface area contributed by atoms with E-state index in [9.17, 15) is 4.79 Å². The Balaban J connectivity index is 1.75. The summed E-state index contributed by atoms with van der Waals surface area (Å²) in [5.41, 5.74) is 3.68. The van der Waals surface area contributed by atoms with E-state index in [-0.39, 0.29) is 5.91 Å². The second-order valence-corrected chi connectivity index (χ2v) is 6.07. The summed E-state index contributed by atoms with van der Waals surface area (Å²) in [5.74, 6) is -0.0492. The standard InChI is InChI=1S/C19H18ClN3O/c1-22(13-18-17(20)12-21-23(18)2)19(24)16-10-8-15(9-11-16)14-6-4-3-5-7-14/h3-12H,13H2,1-2H3. The summed E-state index contributed by atoms with van der Waals surface area (Å²) in [6, 6.07) is 17.7. The number of carbonyl (C=O) groups is 1. The van der Waals surface area contributed by atoms with Gasteiger partial charge in [-0.15, -0.1) is 0 Å². The molecule has 4 nitrogen and oxygen atoms in total. The predicted molar refractivity (Wildman–Crippen MR) is 95.9 cm³/mol. The number of amides is 1. The second kappa shape index (κ2) is 6.89. The number of hydrogen-bond acceptors (Lipinski definition) is 2. The molecule has 24 heavy (non-hydrogen) atoms. The van der Waals surface area contributed by atoms with Gasteiger partial charge in [-0.1, -0.05) is 54.1 Å². The van der Waals surface area contributed by atoms with Crippen molar-refractivity contribution in [1.29, 1.82) is 0 Å². The smallest absolute Gasteiger partial charge is 0.253 e. The van der Waals surface area contributed by atoms with Gasteiger partial charge >= 0.3 is 0 Å². The number of halogens is 1. The zero-order chi connectivity index (χ0) is 17.1. The van der Waals surface area contributed by atoms with Gasteiger partial charge in [0.1, 0.15) is 0 Å². The van der Waals surface area contributed by atoms with Crippen molar-refractivity contribution in [2.24, 2.45) is 7.05 Å². The van der Waals surface area contributed by atoms with Crippen molar-refractivity contribution < 1.29 is 4.79 Å². The number of aryl methyl sites for hydroxylation is 1. The molecule has 0 spiro atoms. The molecular formula is C19H18ClN3O. The summed E-state index contributed by atoms with van der Waals surface area (Å²) in [6.45, 7) is 0.411. The van der Waals surface area contributed by atoms with Crippen LogP contribution in [0.4, 0.5) is 0 Å². The first-order valence-corrected chi connectivity index (χ1v) is 8.01. The van der Waals surface area contributed by atoms with E-state index < -0.39 is 0 Å². The molecular weight excluding hydrogens is 322 g/mol. The van der Waals surface area contributed by atoms with E-state index in [4.69, 9.17) is 11.6 Å². The van der Waals surface area contributed by atoms with E-state index in [1.165, 1.54) is 0 Å². The monoisotopic (exact) mass is 339 g/mol. The minimum absolute atomic E-state index is 0.0492. The van der Waals surface area contributed by atoms with Crippen molar-refractivity contribution >= 4 is 17.5 Å². The topological polar surface area (TPSA) is 38.1 Å². The largest absolute Gasteiger partial charge is 0.336 e. The lowest BCUT2D eigenvalue weighted by atomic mass is 10.0. The predicted octanol–water partition coefficient (Wildman–Crippen LogP) is 4.01. The van der Waals surface area contributed by atoms with Gasteiger partial charge in [-0.05, 0) is 23.3 Å². The third-order valence-electron chi connectivity index (χ3n) is 3.98. The van der Waals surface area contributed by atoms with Crippen LogP contribution < -0.4 is 0 Å². The van der Waals surface area contributed by atoms with Crippen molar-refractivity contribution in [3.8, 4) is 11.1 Å². The van der Waals surface area contributed by atoms with E-state index in [0.29, 0.717) is 17.1 Å². The van der Waals surface area contributed by atoms with Gasteiger partial charge in [-0.25, -0.2) is 0 Å². The van der Waals surface area contributed by atoms with Crippen molar-refractivity contribution in [1.82, 2.24) is 14.7 Å². The molecule has 1 aromatic heterocycles. The van der Waals surface area contributed by atoms with E-state index in [0.717, 1.165) is 16.8 Å². The Hall–Kier alpha value is -2.59. The zero-order valence-electron chi connectivity index (χ0n) is 13.6. The number of hydrogen-bond donors (Lipinski definition) is 0. The first-order valence-electron chi connectivity index (χ1n) is 7.63. The van der Waals surface area contributed by atoms with Gasteiger partial charge in [0.25, 0.3) is 5.91 Å². The average molecular weight is 340 g/mol. The molecule has 0 unspecified atom stereocenters. The summed E-state index contributed by atoms with van der Waals surface area (Å²) in [7, 11) is 3.57. The normalized spacial score (nSPS) is 10.6. The molecule has 5 heteroatoms. The van der Waals surface area contributed by atoms with Crippen LogP contribution in [0, 0.1) is 0 Å². The molecule has 1 heterocycles. The van der Waals surface area contributed by atoms with Crippen molar-refractivity contribution in [2.45, 2.75) is 6.54 Å². The quantitative estimate of drug-likeness (QED) is 0.720. The Morgan fingerprint density at radius 2 is 1.71 bits per heavy atom. The Morgan fingerprint density at radius 3 is 2.29 bits per heavy atom. The van der Waals surface area contributed by atoms with Crippen LogP contribution in [-0.2, 0) is 13.6 Å². The summed E-state index contributed by atoms with van der Waals surface area (Å²) in [6.07, 6.45) is 1.59. The lowest BCUT2D eigenvalue weighted by Gasteiger charge is -2.18. The molecule has 122 valence electrons. The first-order chi connectivity index (χ1) is 11.6. The average Bonchev–Trinajstić information content (AvgIpc) is 2.94. The fourth-order valence-corrected chi connectivity index (χ4v) is 2.79. The van der Waals surface area contributed by atoms with Gasteiger partial charge in [0, 0.05) is 19.7 Å². The van der Waals surface area contributed by atoms with Crippen molar-refractivity contribution in [3.63, 3.8) is 0 Å². The summed E-state index contributed by atoms with van der Waals surface area (Å²) in [5, 5.41) is 4.66. The molecule has 0 aliphatic rings. The van der Waals surface area contributed by atoms with E-state index in [1.807, 2.05) is 61.6 Å². The Labute approximate surface area is 146 Å². The van der Waals surface area contributed by atoms with E-state index >= 15 is 0 Å². The van der Waals surface area contributed by atoms with Crippen LogP contribution in [0.3, 0.4) is 0 Å². The van der Waals surface area contributed by atoms with Crippen LogP contribution >= 0.6 is 11.6 Å². The molecule has 0 N–H and O–H groups in total. The molecule has 0 aliphatic heterocycles. The third-order valence-corrected chi connectivity index (χ3v) is 4.30. The molecule has 1 amide bonds. The first kappa shape index (κ1) is 16.3. The van der Waals surface area contributed by atoms with E-state index in [2.05, 4.69) is 5.10 Å². The maximum atomic E-state index is 12.6. The Bertz CT molecular complexity index is 821. The molecule has 0 fully saturated rings. The summed E-state index contributed by atoms with van der Waals surface area (Å²) >= 11 is 6.11. The second-order valence-electron chi connectivity index (χ2n) is 5.67. The van der Waals surface area contributed by atoms with Gasteiger partial charge in [-0.2, -0.15) is 5.10 Å². The van der Waals surface area contributed by atoms with Gasteiger partial charge in [-0.3, -0.25) is 9.48 Å². The fraction of sp³-hybridized carbons (Fsp3) is 0.158. The molecule has 0 atom stereocenters. The van der Waals surface area contributed by atoms with Crippen LogP contribution in [0.5, 0.6) is 0 Å². The SMILES string of the molecule is CN(Cc1c(Cl)cnn1C)C(=O)c1ccc(-c2ccccc2)cc1. The molecule has 0 saturated heterocycles. The molecule has 3 aromatic rings. The minimum Gasteiger partial charge on any atom is -0.336 e. The number of nitrogens with zero attached hydrogens (tertiary/aromatic N) is 3. The number of rotatable bonds is 4. The Morgan fingerprint density at radius 1 is 1.08 bits per heavy atom.